The first-order chi connectivity index (χ1) is 2.91. The molecule has 0 bridgehead atoms. The van der Waals surface area contributed by atoms with Gasteiger partial charge >= 0.3 is 51.4 Å². The van der Waals surface area contributed by atoms with E-state index in [1.54, 1.807) is 0 Å². The number of rotatable bonds is 2. The molecule has 0 saturated carbocycles. The van der Waals surface area contributed by atoms with Crippen LogP contribution in [0.15, 0.2) is 12.2 Å². The first-order valence-corrected chi connectivity index (χ1v) is 1.96. The fourth-order valence-electron chi connectivity index (χ4n) is 0.192. The Hall–Kier alpha value is 1.05. The van der Waals surface area contributed by atoms with Crippen molar-refractivity contribution >= 4 is 57.7 Å². The van der Waals surface area contributed by atoms with Crippen molar-refractivity contribution in [3.63, 3.8) is 0 Å². The summed E-state index contributed by atoms with van der Waals surface area (Å²) in [6.45, 7) is 1.89. The van der Waals surface area contributed by atoms with Gasteiger partial charge < -0.3 is 4.79 Å². The molecular formula is C5H9KO. The Bertz CT molecular complexity index is 59.1. The van der Waals surface area contributed by atoms with Gasteiger partial charge in [0.15, 0.2) is 0 Å². The van der Waals surface area contributed by atoms with E-state index in [1.165, 1.54) is 0 Å². The third-order valence-corrected chi connectivity index (χ3v) is 0.468. The molecule has 2 heteroatoms. The van der Waals surface area contributed by atoms with Gasteiger partial charge in [-0.15, -0.1) is 0 Å². The van der Waals surface area contributed by atoms with Gasteiger partial charge in [0.05, 0.1) is 0 Å². The predicted octanol–water partition coefficient (Wildman–Crippen LogP) is 0.503. The van der Waals surface area contributed by atoms with Gasteiger partial charge in [0, 0.05) is 6.42 Å². The van der Waals surface area contributed by atoms with Crippen molar-refractivity contribution in [2.24, 2.45) is 0 Å². The summed E-state index contributed by atoms with van der Waals surface area (Å²) >= 11 is 0. The van der Waals surface area contributed by atoms with Gasteiger partial charge in [0.1, 0.15) is 6.29 Å². The summed E-state index contributed by atoms with van der Waals surface area (Å²) in [7, 11) is 0. The molecule has 36 valence electrons. The van der Waals surface area contributed by atoms with E-state index in [9.17, 15) is 4.79 Å². The van der Waals surface area contributed by atoms with E-state index in [2.05, 4.69) is 0 Å². The van der Waals surface area contributed by atoms with Crippen LogP contribution in [0, 0.1) is 0 Å². The van der Waals surface area contributed by atoms with Crippen molar-refractivity contribution in [2.45, 2.75) is 13.3 Å². The maximum atomic E-state index is 9.51. The van der Waals surface area contributed by atoms with Crippen LogP contribution in [0.1, 0.15) is 13.3 Å². The Morgan fingerprint density at radius 3 is 2.29 bits per heavy atom. The van der Waals surface area contributed by atoms with E-state index >= 15 is 0 Å². The molecule has 0 aliphatic carbocycles. The molecule has 0 atom stereocenters. The Morgan fingerprint density at radius 2 is 2.14 bits per heavy atom. The molecule has 0 unspecified atom stereocenters. The van der Waals surface area contributed by atoms with Gasteiger partial charge in [-0.05, 0) is 6.92 Å². The molecule has 0 fully saturated rings. The molecule has 0 aromatic carbocycles. The molecule has 0 heterocycles. The Balaban J connectivity index is 0. The fraction of sp³-hybridized carbons (Fsp3) is 0.400. The molecule has 1 nitrogen and oxygen atoms in total. The molecule has 7 heavy (non-hydrogen) atoms. The average Bonchev–Trinajstić information content (AvgIpc) is 1.61. The molecule has 0 aromatic rings. The van der Waals surface area contributed by atoms with Crippen LogP contribution in [0.5, 0.6) is 0 Å². The van der Waals surface area contributed by atoms with Crippen molar-refractivity contribution in [3.8, 4) is 0 Å². The molecule has 0 aliphatic rings. The molecule has 0 amide bonds. The van der Waals surface area contributed by atoms with E-state index in [1.807, 2.05) is 19.1 Å². The summed E-state index contributed by atoms with van der Waals surface area (Å²) in [5.74, 6) is 0. The van der Waals surface area contributed by atoms with Crippen LogP contribution in [0.3, 0.4) is 0 Å². The number of carbonyl (C=O) groups excluding carboxylic acids is 1. The molecule has 0 spiro atoms. The van der Waals surface area contributed by atoms with Crippen LogP contribution in [-0.4, -0.2) is 57.7 Å². The number of allylic oxidation sites excluding steroid dienone is 2. The first-order valence-electron chi connectivity index (χ1n) is 1.96. The Labute approximate surface area is 86.6 Å². The molecular weight excluding hydrogens is 115 g/mol. The zero-order chi connectivity index (χ0) is 4.83. The van der Waals surface area contributed by atoms with E-state index in [-0.39, 0.29) is 51.4 Å². The number of aldehydes is 1. The van der Waals surface area contributed by atoms with Crippen molar-refractivity contribution in [1.29, 1.82) is 0 Å². The van der Waals surface area contributed by atoms with E-state index in [0.717, 1.165) is 6.29 Å². The number of carbonyl (C=O) groups is 1. The van der Waals surface area contributed by atoms with Gasteiger partial charge in [-0.25, -0.2) is 0 Å². The van der Waals surface area contributed by atoms with Crippen molar-refractivity contribution in [3.05, 3.63) is 12.2 Å². The third kappa shape index (κ3) is 11.0. The summed E-state index contributed by atoms with van der Waals surface area (Å²) < 4.78 is 0. The van der Waals surface area contributed by atoms with Crippen molar-refractivity contribution in [2.75, 3.05) is 0 Å². The average molecular weight is 124 g/mol. The van der Waals surface area contributed by atoms with Gasteiger partial charge in [-0.1, -0.05) is 12.2 Å². The van der Waals surface area contributed by atoms with Gasteiger partial charge in [0.25, 0.3) is 0 Å². The molecule has 0 rings (SSSR count). The van der Waals surface area contributed by atoms with Crippen LogP contribution < -0.4 is 0 Å². The van der Waals surface area contributed by atoms with Crippen LogP contribution in [0.25, 0.3) is 0 Å². The van der Waals surface area contributed by atoms with Gasteiger partial charge in [-0.2, -0.15) is 0 Å². The topological polar surface area (TPSA) is 17.1 Å². The first kappa shape index (κ1) is 10.9. The van der Waals surface area contributed by atoms with E-state index in [4.69, 9.17) is 0 Å². The zero-order valence-electron chi connectivity index (χ0n) is 3.85. The maximum absolute atomic E-state index is 9.51. The van der Waals surface area contributed by atoms with E-state index < -0.39 is 0 Å². The van der Waals surface area contributed by atoms with Crippen LogP contribution in [0.4, 0.5) is 0 Å². The molecule has 0 N–H and O–H groups in total. The predicted molar refractivity (Wildman–Crippen MR) is 32.6 cm³/mol. The standard InChI is InChI=1S/C5H8O.K.H/c1-2-3-4-5-6;;/h2-3,5H,4H2,1H3;;. The second-order valence-electron chi connectivity index (χ2n) is 0.971. The second-order valence-corrected chi connectivity index (χ2v) is 0.971. The minimum atomic E-state index is 0. The van der Waals surface area contributed by atoms with Crippen molar-refractivity contribution in [1.82, 2.24) is 0 Å². The summed E-state index contributed by atoms with van der Waals surface area (Å²) in [6, 6.07) is 0. The van der Waals surface area contributed by atoms with Gasteiger partial charge in [-0.3, -0.25) is 0 Å². The summed E-state index contributed by atoms with van der Waals surface area (Å²) in [5, 5.41) is 0. The van der Waals surface area contributed by atoms with E-state index in [0.29, 0.717) is 6.42 Å². The Morgan fingerprint density at radius 1 is 1.57 bits per heavy atom. The summed E-state index contributed by atoms with van der Waals surface area (Å²) in [4.78, 5) is 9.51. The fourth-order valence-corrected chi connectivity index (χ4v) is 0.192. The molecule has 0 aliphatic heterocycles. The normalized spacial score (nSPS) is 8.14. The minimum absolute atomic E-state index is 0. The monoisotopic (exact) mass is 124 g/mol. The quantitative estimate of drug-likeness (QED) is 0.298. The van der Waals surface area contributed by atoms with Gasteiger partial charge in [0.2, 0.25) is 0 Å². The summed E-state index contributed by atoms with van der Waals surface area (Å²) in [5.41, 5.74) is 0. The molecule has 0 aromatic heterocycles. The SMILES string of the molecule is CC=CCC=O.[KH]. The van der Waals surface area contributed by atoms with Crippen LogP contribution >= 0.6 is 0 Å². The van der Waals surface area contributed by atoms with Crippen molar-refractivity contribution < 1.29 is 4.79 Å². The second kappa shape index (κ2) is 10.1. The Kier molecular flexibility index (Phi) is 15.8. The molecule has 0 saturated heterocycles. The van der Waals surface area contributed by atoms with Crippen LogP contribution in [-0.2, 0) is 4.79 Å². The zero-order valence-corrected chi connectivity index (χ0v) is 3.85. The number of hydrogen-bond acceptors (Lipinski definition) is 1. The molecule has 0 radical (unpaired) electrons. The summed E-state index contributed by atoms with van der Waals surface area (Å²) in [6.07, 6.45) is 5.10. The van der Waals surface area contributed by atoms with Crippen LogP contribution in [0.2, 0.25) is 0 Å². The third-order valence-electron chi connectivity index (χ3n) is 0.468. The number of hydrogen-bond donors (Lipinski definition) is 0.